The second-order valence-corrected chi connectivity index (χ2v) is 5.98. The Labute approximate surface area is 127 Å². The van der Waals surface area contributed by atoms with Crippen LogP contribution in [0.25, 0.3) is 0 Å². The van der Waals surface area contributed by atoms with Crippen molar-refractivity contribution >= 4 is 28.7 Å². The lowest BCUT2D eigenvalue weighted by Gasteiger charge is -2.05. The number of aromatic nitrogens is 1. The highest BCUT2D eigenvalue weighted by Gasteiger charge is 2.13. The molecule has 0 N–H and O–H groups in total. The van der Waals surface area contributed by atoms with Gasteiger partial charge in [-0.1, -0.05) is 18.5 Å². The summed E-state index contributed by atoms with van der Waals surface area (Å²) in [6, 6.07) is 5.53. The number of hydrogen-bond acceptors (Lipinski definition) is 4. The predicted octanol–water partition coefficient (Wildman–Crippen LogP) is 4.45. The molecule has 1 aromatic carbocycles. The van der Waals surface area contributed by atoms with Crippen molar-refractivity contribution in [3.05, 3.63) is 44.4 Å². The molecule has 0 saturated carbocycles. The molecule has 0 fully saturated rings. The third kappa shape index (κ3) is 3.38. The van der Waals surface area contributed by atoms with Crippen LogP contribution < -0.4 is 4.74 Å². The first-order valence-electron chi connectivity index (χ1n) is 6.39. The lowest BCUT2D eigenvalue weighted by molar-refractivity contribution is 0.102. The van der Waals surface area contributed by atoms with E-state index in [4.69, 9.17) is 16.3 Å². The van der Waals surface area contributed by atoms with Crippen molar-refractivity contribution in [3.8, 4) is 5.75 Å². The maximum absolute atomic E-state index is 11.5. The molecule has 20 heavy (non-hydrogen) atoms. The average molecular weight is 310 g/mol. The molecule has 0 unspecified atom stereocenters. The van der Waals surface area contributed by atoms with Gasteiger partial charge >= 0.3 is 0 Å². The van der Waals surface area contributed by atoms with Crippen LogP contribution in [0.4, 0.5) is 0 Å². The van der Waals surface area contributed by atoms with Gasteiger partial charge in [0.1, 0.15) is 17.4 Å². The van der Waals surface area contributed by atoms with Gasteiger partial charge in [-0.2, -0.15) is 0 Å². The largest absolute Gasteiger partial charge is 0.486 e. The molecule has 3 nitrogen and oxygen atoms in total. The van der Waals surface area contributed by atoms with Crippen LogP contribution in [0.2, 0.25) is 5.02 Å². The van der Waals surface area contributed by atoms with Crippen LogP contribution in [0.15, 0.2) is 18.2 Å². The Morgan fingerprint density at radius 1 is 1.45 bits per heavy atom. The molecule has 1 heterocycles. The zero-order valence-corrected chi connectivity index (χ0v) is 13.3. The number of ketones is 1. The minimum atomic E-state index is 0.0629. The van der Waals surface area contributed by atoms with Gasteiger partial charge in [-0.05, 0) is 37.1 Å². The van der Waals surface area contributed by atoms with Gasteiger partial charge in [0.25, 0.3) is 0 Å². The van der Waals surface area contributed by atoms with E-state index in [2.05, 4.69) is 4.98 Å². The summed E-state index contributed by atoms with van der Waals surface area (Å²) >= 11 is 7.38. The number of halogens is 1. The number of benzene rings is 1. The molecule has 0 amide bonds. The summed E-state index contributed by atoms with van der Waals surface area (Å²) in [5.74, 6) is 0.817. The van der Waals surface area contributed by atoms with E-state index in [1.807, 2.05) is 32.0 Å². The summed E-state index contributed by atoms with van der Waals surface area (Å²) in [4.78, 5) is 16.7. The second-order valence-electron chi connectivity index (χ2n) is 4.49. The van der Waals surface area contributed by atoms with Crippen LogP contribution in [-0.4, -0.2) is 10.8 Å². The fourth-order valence-corrected chi connectivity index (χ4v) is 2.91. The summed E-state index contributed by atoms with van der Waals surface area (Å²) in [5, 5.41) is 1.54. The first kappa shape index (κ1) is 15.0. The minimum Gasteiger partial charge on any atom is -0.486 e. The van der Waals surface area contributed by atoms with Gasteiger partial charge in [-0.25, -0.2) is 4.98 Å². The Hall–Kier alpha value is -1.39. The fraction of sp³-hybridized carbons (Fsp3) is 0.333. The zero-order valence-electron chi connectivity index (χ0n) is 11.7. The number of Topliss-reactive ketones (excluding diaryl/α,β-unsaturated/α-hetero) is 1. The Kier molecular flexibility index (Phi) is 4.78. The van der Waals surface area contributed by atoms with E-state index < -0.39 is 0 Å². The summed E-state index contributed by atoms with van der Waals surface area (Å²) < 4.78 is 5.70. The number of rotatable bonds is 5. The van der Waals surface area contributed by atoms with E-state index >= 15 is 0 Å². The summed E-state index contributed by atoms with van der Waals surface area (Å²) in [6.07, 6.45) is 0.755. The Morgan fingerprint density at radius 2 is 2.20 bits per heavy atom. The number of aryl methyl sites for hydroxylation is 2. The normalized spacial score (nSPS) is 10.6. The van der Waals surface area contributed by atoms with E-state index in [9.17, 15) is 4.79 Å². The molecule has 2 rings (SSSR count). The van der Waals surface area contributed by atoms with Gasteiger partial charge in [-0.3, -0.25) is 4.79 Å². The highest BCUT2D eigenvalue weighted by Crippen LogP contribution is 2.24. The standard InChI is InChI=1S/C15H16ClNO2S/c1-4-13-15(10(3)18)20-14(17-13)8-19-11-5-6-12(16)9(2)7-11/h5-7H,4,8H2,1-3H3. The lowest BCUT2D eigenvalue weighted by Crippen LogP contribution is -1.96. The van der Waals surface area contributed by atoms with Gasteiger partial charge in [0.2, 0.25) is 0 Å². The molecule has 0 aliphatic rings. The molecule has 0 saturated heterocycles. The van der Waals surface area contributed by atoms with Gasteiger partial charge < -0.3 is 4.74 Å². The van der Waals surface area contributed by atoms with Crippen molar-refractivity contribution in [1.29, 1.82) is 0 Å². The van der Waals surface area contributed by atoms with E-state index in [1.54, 1.807) is 6.92 Å². The van der Waals surface area contributed by atoms with Gasteiger partial charge in [0.15, 0.2) is 5.78 Å². The predicted molar refractivity (Wildman–Crippen MR) is 82.0 cm³/mol. The minimum absolute atomic E-state index is 0.0629. The molecule has 0 radical (unpaired) electrons. The molecule has 5 heteroatoms. The van der Waals surface area contributed by atoms with Crippen molar-refractivity contribution in [1.82, 2.24) is 4.98 Å². The molecule has 1 aromatic heterocycles. The first-order chi connectivity index (χ1) is 9.51. The molecule has 0 aliphatic heterocycles. The van der Waals surface area contributed by atoms with Gasteiger partial charge in [0.05, 0.1) is 10.6 Å². The van der Waals surface area contributed by atoms with Crippen LogP contribution in [0.1, 0.15) is 39.8 Å². The number of ether oxygens (including phenoxy) is 1. The van der Waals surface area contributed by atoms with Crippen molar-refractivity contribution < 1.29 is 9.53 Å². The molecule has 2 aromatic rings. The third-order valence-electron chi connectivity index (χ3n) is 2.89. The molecule has 106 valence electrons. The molecule has 0 spiro atoms. The highest BCUT2D eigenvalue weighted by molar-refractivity contribution is 7.13. The Morgan fingerprint density at radius 3 is 2.75 bits per heavy atom. The number of nitrogens with zero attached hydrogens (tertiary/aromatic N) is 1. The van der Waals surface area contributed by atoms with Crippen LogP contribution >= 0.6 is 22.9 Å². The number of carbonyl (C=O) groups is 1. The summed E-state index contributed by atoms with van der Waals surface area (Å²) in [6.45, 7) is 5.86. The van der Waals surface area contributed by atoms with Gasteiger partial charge in [-0.15, -0.1) is 11.3 Å². The monoisotopic (exact) mass is 309 g/mol. The highest BCUT2D eigenvalue weighted by atomic mass is 35.5. The summed E-state index contributed by atoms with van der Waals surface area (Å²) in [5.41, 5.74) is 1.83. The molecule has 0 aliphatic carbocycles. The quantitative estimate of drug-likeness (QED) is 0.766. The van der Waals surface area contributed by atoms with E-state index in [-0.39, 0.29) is 5.78 Å². The first-order valence-corrected chi connectivity index (χ1v) is 7.59. The Bertz CT molecular complexity index is 637. The number of thiazole rings is 1. The van der Waals surface area contributed by atoms with Crippen LogP contribution in [0.3, 0.4) is 0 Å². The maximum Gasteiger partial charge on any atom is 0.171 e. The zero-order chi connectivity index (χ0) is 14.7. The lowest BCUT2D eigenvalue weighted by atomic mass is 10.2. The van der Waals surface area contributed by atoms with Crippen molar-refractivity contribution in [2.24, 2.45) is 0 Å². The second kappa shape index (κ2) is 6.37. The van der Waals surface area contributed by atoms with Crippen molar-refractivity contribution in [3.63, 3.8) is 0 Å². The Balaban J connectivity index is 2.10. The fourth-order valence-electron chi connectivity index (χ4n) is 1.83. The molecule has 0 bridgehead atoms. The topological polar surface area (TPSA) is 39.2 Å². The van der Waals surface area contributed by atoms with Gasteiger partial charge in [0, 0.05) is 11.9 Å². The molecular formula is C15H16ClNO2S. The molecule has 0 atom stereocenters. The maximum atomic E-state index is 11.5. The van der Waals surface area contributed by atoms with Crippen LogP contribution in [0.5, 0.6) is 5.75 Å². The van der Waals surface area contributed by atoms with E-state index in [0.717, 1.165) is 38.3 Å². The van der Waals surface area contributed by atoms with E-state index in [0.29, 0.717) is 6.61 Å². The number of hydrogen-bond donors (Lipinski definition) is 0. The number of carbonyl (C=O) groups excluding carboxylic acids is 1. The van der Waals surface area contributed by atoms with Crippen molar-refractivity contribution in [2.45, 2.75) is 33.8 Å². The SMILES string of the molecule is CCc1nc(COc2ccc(Cl)c(C)c2)sc1C(C)=O. The van der Waals surface area contributed by atoms with E-state index in [1.165, 1.54) is 11.3 Å². The molecular weight excluding hydrogens is 294 g/mol. The third-order valence-corrected chi connectivity index (χ3v) is 4.48. The van der Waals surface area contributed by atoms with Crippen molar-refractivity contribution in [2.75, 3.05) is 0 Å². The average Bonchev–Trinajstić information content (AvgIpc) is 2.84. The smallest absolute Gasteiger partial charge is 0.171 e. The summed E-state index contributed by atoms with van der Waals surface area (Å²) in [7, 11) is 0. The van der Waals surface area contributed by atoms with Crippen LogP contribution in [0, 0.1) is 6.92 Å². The van der Waals surface area contributed by atoms with Crippen LogP contribution in [-0.2, 0) is 13.0 Å².